The van der Waals surface area contributed by atoms with Crippen LogP contribution in [-0.2, 0) is 9.47 Å². The highest BCUT2D eigenvalue weighted by atomic mass is 16.7. The quantitative estimate of drug-likeness (QED) is 0.556. The second kappa shape index (κ2) is 5.56. The van der Waals surface area contributed by atoms with Crippen molar-refractivity contribution in [1.82, 2.24) is 0 Å². The average molecular weight is 160 g/mol. The smallest absolute Gasteiger partial charge is 0.165 e. The molecule has 0 radical (unpaired) electrons. The van der Waals surface area contributed by atoms with Crippen molar-refractivity contribution in [2.45, 2.75) is 46.3 Å². The largest absolute Gasteiger partial charge is 0.351 e. The van der Waals surface area contributed by atoms with Crippen molar-refractivity contribution in [2.24, 2.45) is 0 Å². The van der Waals surface area contributed by atoms with Gasteiger partial charge in [0.05, 0.1) is 0 Å². The summed E-state index contributed by atoms with van der Waals surface area (Å²) in [5.74, 6) is -0.356. The third kappa shape index (κ3) is 4.38. The lowest BCUT2D eigenvalue weighted by molar-refractivity contribution is -0.224. The summed E-state index contributed by atoms with van der Waals surface area (Å²) >= 11 is 0. The third-order valence-corrected chi connectivity index (χ3v) is 1.70. The lowest BCUT2D eigenvalue weighted by Crippen LogP contribution is -2.31. The van der Waals surface area contributed by atoms with E-state index >= 15 is 0 Å². The van der Waals surface area contributed by atoms with Gasteiger partial charge in [0.15, 0.2) is 5.79 Å². The molecule has 0 bridgehead atoms. The molecule has 0 heterocycles. The normalized spacial score (nSPS) is 16.4. The third-order valence-electron chi connectivity index (χ3n) is 1.70. The van der Waals surface area contributed by atoms with Gasteiger partial charge < -0.3 is 9.47 Å². The Kier molecular flexibility index (Phi) is 5.51. The highest BCUT2D eigenvalue weighted by Crippen LogP contribution is 2.16. The molecule has 0 rings (SSSR count). The van der Waals surface area contributed by atoms with Crippen LogP contribution < -0.4 is 0 Å². The zero-order valence-electron chi connectivity index (χ0n) is 8.14. The maximum absolute atomic E-state index is 5.55. The zero-order chi connectivity index (χ0) is 8.74. The Balaban J connectivity index is 3.68. The van der Waals surface area contributed by atoms with Crippen LogP contribution in [-0.4, -0.2) is 19.0 Å². The SMILES string of the molecule is CCCOC(C)(CC)OCC. The fraction of sp³-hybridized carbons (Fsp3) is 1.00. The molecule has 0 saturated carbocycles. The van der Waals surface area contributed by atoms with E-state index in [9.17, 15) is 0 Å². The van der Waals surface area contributed by atoms with Crippen molar-refractivity contribution in [3.05, 3.63) is 0 Å². The van der Waals surface area contributed by atoms with E-state index < -0.39 is 0 Å². The van der Waals surface area contributed by atoms with Gasteiger partial charge in [0, 0.05) is 13.2 Å². The highest BCUT2D eigenvalue weighted by molar-refractivity contribution is 4.58. The minimum absolute atomic E-state index is 0.356. The summed E-state index contributed by atoms with van der Waals surface area (Å²) in [4.78, 5) is 0. The fourth-order valence-corrected chi connectivity index (χ4v) is 0.869. The number of hydrogen-bond donors (Lipinski definition) is 0. The molecule has 0 aliphatic carbocycles. The van der Waals surface area contributed by atoms with E-state index in [4.69, 9.17) is 9.47 Å². The van der Waals surface area contributed by atoms with Crippen molar-refractivity contribution in [2.75, 3.05) is 13.2 Å². The molecule has 0 saturated heterocycles. The van der Waals surface area contributed by atoms with Gasteiger partial charge in [-0.25, -0.2) is 0 Å². The molecule has 0 fully saturated rings. The van der Waals surface area contributed by atoms with Crippen LogP contribution in [0.5, 0.6) is 0 Å². The van der Waals surface area contributed by atoms with Crippen molar-refractivity contribution in [3.8, 4) is 0 Å². The summed E-state index contributed by atoms with van der Waals surface area (Å²) in [5, 5.41) is 0. The minimum Gasteiger partial charge on any atom is -0.351 e. The monoisotopic (exact) mass is 160 g/mol. The molecule has 0 aliphatic heterocycles. The molecule has 0 N–H and O–H groups in total. The predicted octanol–water partition coefficient (Wildman–Crippen LogP) is 2.58. The van der Waals surface area contributed by atoms with Gasteiger partial charge in [0.25, 0.3) is 0 Å². The van der Waals surface area contributed by atoms with E-state index in [1.165, 1.54) is 0 Å². The van der Waals surface area contributed by atoms with E-state index in [0.717, 1.165) is 19.4 Å². The average Bonchev–Trinajstić information content (AvgIpc) is 2.02. The number of rotatable bonds is 6. The second-order valence-electron chi connectivity index (χ2n) is 2.77. The standard InChI is InChI=1S/C9H20O2/c1-5-8-11-9(4,6-2)10-7-3/h5-8H2,1-4H3. The topological polar surface area (TPSA) is 18.5 Å². The Morgan fingerprint density at radius 1 is 1.09 bits per heavy atom. The van der Waals surface area contributed by atoms with Gasteiger partial charge >= 0.3 is 0 Å². The van der Waals surface area contributed by atoms with Crippen LogP contribution in [0.1, 0.15) is 40.5 Å². The van der Waals surface area contributed by atoms with Crippen LogP contribution in [0.25, 0.3) is 0 Å². The van der Waals surface area contributed by atoms with Crippen LogP contribution in [0, 0.1) is 0 Å². The zero-order valence-corrected chi connectivity index (χ0v) is 8.14. The molecule has 0 aromatic heterocycles. The first-order valence-corrected chi connectivity index (χ1v) is 4.46. The van der Waals surface area contributed by atoms with E-state index in [2.05, 4.69) is 13.8 Å². The number of hydrogen-bond acceptors (Lipinski definition) is 2. The minimum atomic E-state index is -0.356. The first-order valence-electron chi connectivity index (χ1n) is 4.46. The lowest BCUT2D eigenvalue weighted by Gasteiger charge is -2.28. The molecule has 2 heteroatoms. The van der Waals surface area contributed by atoms with Crippen LogP contribution in [0.15, 0.2) is 0 Å². The first kappa shape index (κ1) is 10.9. The second-order valence-corrected chi connectivity index (χ2v) is 2.77. The maximum Gasteiger partial charge on any atom is 0.165 e. The van der Waals surface area contributed by atoms with Gasteiger partial charge in [-0.05, 0) is 26.7 Å². The summed E-state index contributed by atoms with van der Waals surface area (Å²) in [6, 6.07) is 0. The molecule has 0 aromatic rings. The summed E-state index contributed by atoms with van der Waals surface area (Å²) in [6.07, 6.45) is 1.95. The maximum atomic E-state index is 5.55. The number of ether oxygens (including phenoxy) is 2. The van der Waals surface area contributed by atoms with Crippen molar-refractivity contribution >= 4 is 0 Å². The van der Waals surface area contributed by atoms with Gasteiger partial charge in [-0.2, -0.15) is 0 Å². The van der Waals surface area contributed by atoms with Gasteiger partial charge in [-0.15, -0.1) is 0 Å². The Morgan fingerprint density at radius 3 is 2.09 bits per heavy atom. The van der Waals surface area contributed by atoms with Crippen molar-refractivity contribution < 1.29 is 9.47 Å². The van der Waals surface area contributed by atoms with Gasteiger partial charge in [0.2, 0.25) is 0 Å². The Hall–Kier alpha value is -0.0800. The predicted molar refractivity (Wildman–Crippen MR) is 46.6 cm³/mol. The van der Waals surface area contributed by atoms with E-state index in [-0.39, 0.29) is 5.79 Å². The molecular formula is C9H20O2. The fourth-order valence-electron chi connectivity index (χ4n) is 0.869. The summed E-state index contributed by atoms with van der Waals surface area (Å²) < 4.78 is 11.0. The van der Waals surface area contributed by atoms with Crippen LogP contribution in [0.3, 0.4) is 0 Å². The molecule has 2 nitrogen and oxygen atoms in total. The molecule has 0 aromatic carbocycles. The lowest BCUT2D eigenvalue weighted by atomic mass is 10.2. The molecule has 0 spiro atoms. The molecule has 0 amide bonds. The first-order chi connectivity index (χ1) is 5.18. The van der Waals surface area contributed by atoms with Crippen molar-refractivity contribution in [3.63, 3.8) is 0 Å². The molecule has 1 unspecified atom stereocenters. The van der Waals surface area contributed by atoms with Gasteiger partial charge in [-0.1, -0.05) is 13.8 Å². The highest BCUT2D eigenvalue weighted by Gasteiger charge is 2.21. The van der Waals surface area contributed by atoms with E-state index in [1.54, 1.807) is 0 Å². The Morgan fingerprint density at radius 2 is 1.73 bits per heavy atom. The summed E-state index contributed by atoms with van der Waals surface area (Å²) in [6.45, 7) is 9.65. The molecule has 0 aliphatic rings. The van der Waals surface area contributed by atoms with Crippen molar-refractivity contribution in [1.29, 1.82) is 0 Å². The Labute approximate surface area is 69.9 Å². The van der Waals surface area contributed by atoms with Gasteiger partial charge in [0.1, 0.15) is 0 Å². The van der Waals surface area contributed by atoms with Crippen LogP contribution >= 0.6 is 0 Å². The molecular weight excluding hydrogens is 140 g/mol. The van der Waals surface area contributed by atoms with Crippen LogP contribution in [0.2, 0.25) is 0 Å². The van der Waals surface area contributed by atoms with E-state index in [1.807, 2.05) is 13.8 Å². The molecule has 1 atom stereocenters. The molecule has 11 heavy (non-hydrogen) atoms. The summed E-state index contributed by atoms with van der Waals surface area (Å²) in [5.41, 5.74) is 0. The summed E-state index contributed by atoms with van der Waals surface area (Å²) in [7, 11) is 0. The Bertz CT molecular complexity index is 93.6. The van der Waals surface area contributed by atoms with E-state index in [0.29, 0.717) is 6.61 Å². The molecule has 68 valence electrons. The van der Waals surface area contributed by atoms with Gasteiger partial charge in [-0.3, -0.25) is 0 Å². The van der Waals surface area contributed by atoms with Crippen LogP contribution in [0.4, 0.5) is 0 Å².